The van der Waals surface area contributed by atoms with Crippen molar-refractivity contribution >= 4 is 12.2 Å². The lowest BCUT2D eigenvalue weighted by Crippen LogP contribution is -2.08. The number of aromatic amines is 1. The van der Waals surface area contributed by atoms with Gasteiger partial charge in [-0.2, -0.15) is 0 Å². The van der Waals surface area contributed by atoms with Crippen molar-refractivity contribution in [1.29, 1.82) is 0 Å². The Morgan fingerprint density at radius 2 is 2.27 bits per heavy atom. The van der Waals surface area contributed by atoms with Crippen LogP contribution in [-0.4, -0.2) is 24.2 Å². The third-order valence-corrected chi connectivity index (χ3v) is 2.29. The number of aromatic nitrogens is 2. The molecule has 0 bridgehead atoms. The van der Waals surface area contributed by atoms with E-state index in [0.717, 1.165) is 17.9 Å². The Labute approximate surface area is 94.6 Å². The van der Waals surface area contributed by atoms with Crippen LogP contribution in [0, 0.1) is 4.64 Å². The van der Waals surface area contributed by atoms with E-state index in [1.54, 1.807) is 20.3 Å². The van der Waals surface area contributed by atoms with Crippen molar-refractivity contribution in [2.24, 2.45) is 0 Å². The summed E-state index contributed by atoms with van der Waals surface area (Å²) in [5.74, 6) is 0.763. The van der Waals surface area contributed by atoms with Gasteiger partial charge in [0.05, 0.1) is 6.61 Å². The molecule has 1 atom stereocenters. The first kappa shape index (κ1) is 12.3. The Morgan fingerprint density at radius 1 is 1.53 bits per heavy atom. The molecule has 0 aliphatic carbocycles. The molecule has 1 heterocycles. The zero-order chi connectivity index (χ0) is 11.3. The molecule has 1 aromatic heterocycles. The molecule has 0 aliphatic rings. The molecule has 1 rings (SSSR count). The second-order valence-corrected chi connectivity index (χ2v) is 3.61. The molecule has 0 fully saturated rings. The smallest absolute Gasteiger partial charge is 0.137 e. The van der Waals surface area contributed by atoms with E-state index >= 15 is 0 Å². The third-order valence-electron chi connectivity index (χ3n) is 2.08. The van der Waals surface area contributed by atoms with Crippen LogP contribution in [0.5, 0.6) is 0 Å². The standard InChI is InChI=1S/C10H16N2O2S/c1-4-8(14-3)10-11-7(6-13-2)5-9(15)12-10/h5,8H,4,6H2,1-3H3,(H,11,12,15). The Hall–Kier alpha value is -0.780. The molecule has 0 spiro atoms. The highest BCUT2D eigenvalue weighted by Gasteiger charge is 2.10. The topological polar surface area (TPSA) is 47.1 Å². The molecule has 1 unspecified atom stereocenters. The van der Waals surface area contributed by atoms with Crippen molar-refractivity contribution in [3.8, 4) is 0 Å². The summed E-state index contributed by atoms with van der Waals surface area (Å²) in [4.78, 5) is 7.40. The zero-order valence-electron chi connectivity index (χ0n) is 9.24. The van der Waals surface area contributed by atoms with Crippen LogP contribution in [0.2, 0.25) is 0 Å². The van der Waals surface area contributed by atoms with Gasteiger partial charge in [-0.1, -0.05) is 19.1 Å². The van der Waals surface area contributed by atoms with Crippen LogP contribution in [0.25, 0.3) is 0 Å². The van der Waals surface area contributed by atoms with E-state index in [-0.39, 0.29) is 6.10 Å². The first-order chi connectivity index (χ1) is 7.21. The molecule has 0 radical (unpaired) electrons. The second-order valence-electron chi connectivity index (χ2n) is 3.20. The number of nitrogens with one attached hydrogen (secondary N) is 1. The van der Waals surface area contributed by atoms with Crippen LogP contribution in [0.4, 0.5) is 0 Å². The fraction of sp³-hybridized carbons (Fsp3) is 0.600. The van der Waals surface area contributed by atoms with Crippen LogP contribution in [0.3, 0.4) is 0 Å². The highest BCUT2D eigenvalue weighted by molar-refractivity contribution is 7.71. The Morgan fingerprint density at radius 3 is 2.80 bits per heavy atom. The van der Waals surface area contributed by atoms with Gasteiger partial charge in [-0.3, -0.25) is 0 Å². The van der Waals surface area contributed by atoms with Crippen LogP contribution in [0.15, 0.2) is 6.07 Å². The molecule has 5 heteroatoms. The van der Waals surface area contributed by atoms with Gasteiger partial charge in [0, 0.05) is 19.9 Å². The van der Waals surface area contributed by atoms with E-state index in [9.17, 15) is 0 Å². The highest BCUT2D eigenvalue weighted by Crippen LogP contribution is 2.16. The molecule has 15 heavy (non-hydrogen) atoms. The number of methoxy groups -OCH3 is 2. The average Bonchev–Trinajstić information content (AvgIpc) is 2.19. The maximum atomic E-state index is 5.29. The van der Waals surface area contributed by atoms with Gasteiger partial charge < -0.3 is 14.5 Å². The zero-order valence-corrected chi connectivity index (χ0v) is 10.1. The number of ether oxygens (including phenoxy) is 2. The first-order valence-corrected chi connectivity index (χ1v) is 5.24. The molecular weight excluding hydrogens is 212 g/mol. The van der Waals surface area contributed by atoms with Crippen molar-refractivity contribution in [2.75, 3.05) is 14.2 Å². The summed E-state index contributed by atoms with van der Waals surface area (Å²) in [5.41, 5.74) is 0.919. The summed E-state index contributed by atoms with van der Waals surface area (Å²) in [5, 5.41) is 0. The minimum absolute atomic E-state index is 0.0384. The van der Waals surface area contributed by atoms with Crippen molar-refractivity contribution in [2.45, 2.75) is 26.1 Å². The van der Waals surface area contributed by atoms with Gasteiger partial charge in [-0.25, -0.2) is 4.98 Å². The normalized spacial score (nSPS) is 12.7. The number of hydrogen-bond acceptors (Lipinski definition) is 4. The molecule has 84 valence electrons. The minimum Gasteiger partial charge on any atom is -0.378 e. The van der Waals surface area contributed by atoms with E-state index in [1.807, 2.05) is 6.92 Å². The number of hydrogen-bond donors (Lipinski definition) is 1. The van der Waals surface area contributed by atoms with Gasteiger partial charge in [0.2, 0.25) is 0 Å². The van der Waals surface area contributed by atoms with Crippen molar-refractivity contribution < 1.29 is 9.47 Å². The summed E-state index contributed by atoms with van der Waals surface area (Å²) in [6.45, 7) is 2.54. The summed E-state index contributed by atoms with van der Waals surface area (Å²) in [7, 11) is 3.31. The van der Waals surface area contributed by atoms with E-state index in [0.29, 0.717) is 11.2 Å². The maximum absolute atomic E-state index is 5.29. The number of H-pyrrole nitrogens is 1. The summed E-state index contributed by atoms with van der Waals surface area (Å²) in [6.07, 6.45) is 0.814. The summed E-state index contributed by atoms with van der Waals surface area (Å²) >= 11 is 5.07. The van der Waals surface area contributed by atoms with Crippen LogP contribution < -0.4 is 0 Å². The maximum Gasteiger partial charge on any atom is 0.137 e. The largest absolute Gasteiger partial charge is 0.378 e. The summed E-state index contributed by atoms with van der Waals surface area (Å²) < 4.78 is 10.9. The lowest BCUT2D eigenvalue weighted by molar-refractivity contribution is 0.0915. The predicted octanol–water partition coefficient (Wildman–Crippen LogP) is 2.38. The van der Waals surface area contributed by atoms with Crippen LogP contribution in [0.1, 0.15) is 31.0 Å². The van der Waals surface area contributed by atoms with Crippen molar-refractivity contribution in [3.63, 3.8) is 0 Å². The lowest BCUT2D eigenvalue weighted by atomic mass is 10.2. The fourth-order valence-electron chi connectivity index (χ4n) is 1.39. The van der Waals surface area contributed by atoms with Gasteiger partial charge in [0.15, 0.2) is 0 Å². The first-order valence-electron chi connectivity index (χ1n) is 4.83. The Balaban J connectivity index is 3.02. The quantitative estimate of drug-likeness (QED) is 0.786. The molecule has 4 nitrogen and oxygen atoms in total. The van der Waals surface area contributed by atoms with Gasteiger partial charge in [-0.15, -0.1) is 0 Å². The van der Waals surface area contributed by atoms with Crippen LogP contribution >= 0.6 is 12.2 Å². The third kappa shape index (κ3) is 3.37. The Bertz CT molecular complexity index is 361. The summed E-state index contributed by atoms with van der Waals surface area (Å²) in [6, 6.07) is 1.80. The monoisotopic (exact) mass is 228 g/mol. The lowest BCUT2D eigenvalue weighted by Gasteiger charge is -2.13. The van der Waals surface area contributed by atoms with Crippen LogP contribution in [-0.2, 0) is 16.1 Å². The molecule has 1 N–H and O–H groups in total. The fourth-order valence-corrected chi connectivity index (χ4v) is 1.63. The molecule has 0 aliphatic heterocycles. The SMILES string of the molecule is CCC(OC)c1nc(=S)cc(COC)[nH]1. The van der Waals surface area contributed by atoms with Gasteiger partial charge in [0.1, 0.15) is 16.6 Å². The van der Waals surface area contributed by atoms with Gasteiger partial charge in [0.25, 0.3) is 0 Å². The van der Waals surface area contributed by atoms with E-state index < -0.39 is 0 Å². The highest BCUT2D eigenvalue weighted by atomic mass is 32.1. The minimum atomic E-state index is -0.0384. The van der Waals surface area contributed by atoms with Gasteiger partial charge in [-0.05, 0) is 12.5 Å². The molecule has 0 saturated carbocycles. The van der Waals surface area contributed by atoms with Gasteiger partial charge >= 0.3 is 0 Å². The van der Waals surface area contributed by atoms with E-state index in [2.05, 4.69) is 9.97 Å². The predicted molar refractivity (Wildman–Crippen MR) is 60.2 cm³/mol. The van der Waals surface area contributed by atoms with Crippen molar-refractivity contribution in [3.05, 3.63) is 22.2 Å². The Kier molecular flexibility index (Phi) is 4.87. The molecular formula is C10H16N2O2S. The molecule has 0 amide bonds. The van der Waals surface area contributed by atoms with E-state index in [4.69, 9.17) is 21.7 Å². The average molecular weight is 228 g/mol. The molecule has 0 aromatic carbocycles. The second kappa shape index (κ2) is 5.95. The number of nitrogens with zero attached hydrogens (tertiary/aromatic N) is 1. The van der Waals surface area contributed by atoms with Crippen molar-refractivity contribution in [1.82, 2.24) is 9.97 Å². The number of rotatable bonds is 5. The molecule has 1 aromatic rings. The molecule has 0 saturated heterocycles. The van der Waals surface area contributed by atoms with E-state index in [1.165, 1.54) is 0 Å².